The second kappa shape index (κ2) is 5.16. The lowest BCUT2D eigenvalue weighted by Crippen LogP contribution is -2.22. The number of hydrogen-bond donors (Lipinski definition) is 1. The summed E-state index contributed by atoms with van der Waals surface area (Å²) >= 11 is 0. The van der Waals surface area contributed by atoms with E-state index >= 15 is 0 Å². The van der Waals surface area contributed by atoms with Crippen LogP contribution < -0.4 is 5.32 Å². The van der Waals surface area contributed by atoms with E-state index in [9.17, 15) is 17.6 Å². The predicted octanol–water partition coefficient (Wildman–Crippen LogP) is 1.21. The van der Waals surface area contributed by atoms with E-state index in [0.717, 1.165) is 6.07 Å². The fraction of sp³-hybridized carbons (Fsp3) is 0.417. The summed E-state index contributed by atoms with van der Waals surface area (Å²) in [5, 5.41) is 2.96. The standard InChI is InChI=1S/C12H14FNO4S/c1-18-12(15)10-6-8(13)2-3-11(10)14-9-4-5-19(16,17)7-9/h2-3,6,9,14H,4-5,7H2,1H3. The summed E-state index contributed by atoms with van der Waals surface area (Å²) in [6, 6.07) is 3.42. The van der Waals surface area contributed by atoms with Crippen LogP contribution in [-0.2, 0) is 14.6 Å². The van der Waals surface area contributed by atoms with Gasteiger partial charge in [0, 0.05) is 11.7 Å². The van der Waals surface area contributed by atoms with Gasteiger partial charge in [0.2, 0.25) is 0 Å². The zero-order valence-electron chi connectivity index (χ0n) is 10.3. The Bertz CT molecular complexity index is 600. The predicted molar refractivity (Wildman–Crippen MR) is 68.4 cm³/mol. The van der Waals surface area contributed by atoms with Crippen LogP contribution in [0.3, 0.4) is 0 Å². The molecule has 1 unspecified atom stereocenters. The molecule has 0 aliphatic carbocycles. The molecule has 1 aliphatic heterocycles. The summed E-state index contributed by atoms with van der Waals surface area (Å²) < 4.78 is 40.5. The van der Waals surface area contributed by atoms with Gasteiger partial charge in [-0.15, -0.1) is 0 Å². The number of carbonyl (C=O) groups is 1. The van der Waals surface area contributed by atoms with Gasteiger partial charge in [-0.25, -0.2) is 17.6 Å². The Morgan fingerprint density at radius 2 is 2.21 bits per heavy atom. The van der Waals surface area contributed by atoms with Crippen LogP contribution in [0.1, 0.15) is 16.8 Å². The Morgan fingerprint density at radius 1 is 1.47 bits per heavy atom. The van der Waals surface area contributed by atoms with Crippen molar-refractivity contribution in [3.05, 3.63) is 29.6 Å². The first-order valence-corrected chi connectivity index (χ1v) is 7.58. The molecular weight excluding hydrogens is 273 g/mol. The number of rotatable bonds is 3. The van der Waals surface area contributed by atoms with Gasteiger partial charge in [-0.3, -0.25) is 0 Å². The third kappa shape index (κ3) is 3.23. The molecule has 0 aromatic heterocycles. The number of anilines is 1. The van der Waals surface area contributed by atoms with Crippen LogP contribution in [0, 0.1) is 5.82 Å². The Balaban J connectivity index is 2.23. The molecule has 1 aromatic rings. The van der Waals surface area contributed by atoms with Crippen LogP contribution >= 0.6 is 0 Å². The van der Waals surface area contributed by atoms with Crippen molar-refractivity contribution in [1.82, 2.24) is 0 Å². The molecule has 1 heterocycles. The lowest BCUT2D eigenvalue weighted by atomic mass is 10.1. The van der Waals surface area contributed by atoms with Gasteiger partial charge in [-0.05, 0) is 24.6 Å². The van der Waals surface area contributed by atoms with Gasteiger partial charge >= 0.3 is 5.97 Å². The fourth-order valence-corrected chi connectivity index (χ4v) is 3.72. The Labute approximate surface area is 110 Å². The molecule has 1 N–H and O–H groups in total. The molecule has 1 aromatic carbocycles. The molecule has 1 fully saturated rings. The molecule has 0 amide bonds. The van der Waals surface area contributed by atoms with Gasteiger partial charge in [-0.1, -0.05) is 0 Å². The number of sulfone groups is 1. The molecule has 1 atom stereocenters. The molecule has 19 heavy (non-hydrogen) atoms. The molecule has 0 bridgehead atoms. The summed E-state index contributed by atoms with van der Waals surface area (Å²) in [6.45, 7) is 0. The molecule has 1 saturated heterocycles. The van der Waals surface area contributed by atoms with Crippen molar-refractivity contribution in [1.29, 1.82) is 0 Å². The molecule has 0 radical (unpaired) electrons. The molecule has 104 valence electrons. The second-order valence-electron chi connectivity index (χ2n) is 4.43. The normalized spacial score (nSPS) is 21.1. The molecule has 2 rings (SSSR count). The molecule has 0 spiro atoms. The molecule has 7 heteroatoms. The quantitative estimate of drug-likeness (QED) is 0.846. The van der Waals surface area contributed by atoms with Gasteiger partial charge in [0.05, 0.1) is 24.2 Å². The van der Waals surface area contributed by atoms with Crippen molar-refractivity contribution in [2.24, 2.45) is 0 Å². The highest BCUT2D eigenvalue weighted by Crippen LogP contribution is 2.22. The van der Waals surface area contributed by atoms with E-state index in [-0.39, 0.29) is 23.1 Å². The number of carbonyl (C=O) groups excluding carboxylic acids is 1. The van der Waals surface area contributed by atoms with Gasteiger partial charge in [0.25, 0.3) is 0 Å². The maximum atomic E-state index is 13.1. The van der Waals surface area contributed by atoms with Crippen LogP contribution in [-0.4, -0.2) is 39.0 Å². The SMILES string of the molecule is COC(=O)c1cc(F)ccc1NC1CCS(=O)(=O)C1. The zero-order valence-corrected chi connectivity index (χ0v) is 11.2. The van der Waals surface area contributed by atoms with E-state index in [4.69, 9.17) is 0 Å². The minimum absolute atomic E-state index is 0.0188. The minimum atomic E-state index is -3.02. The monoisotopic (exact) mass is 287 g/mol. The van der Waals surface area contributed by atoms with Gasteiger partial charge in [0.15, 0.2) is 9.84 Å². The van der Waals surface area contributed by atoms with Crippen LogP contribution in [0.15, 0.2) is 18.2 Å². The maximum Gasteiger partial charge on any atom is 0.340 e. The Morgan fingerprint density at radius 3 is 2.79 bits per heavy atom. The topological polar surface area (TPSA) is 72.5 Å². The summed E-state index contributed by atoms with van der Waals surface area (Å²) in [5.41, 5.74) is 0.446. The van der Waals surface area contributed by atoms with Crippen molar-refractivity contribution >= 4 is 21.5 Å². The number of benzene rings is 1. The summed E-state index contributed by atoms with van der Waals surface area (Å²) in [4.78, 5) is 11.5. The van der Waals surface area contributed by atoms with Gasteiger partial charge < -0.3 is 10.1 Å². The van der Waals surface area contributed by atoms with E-state index in [1.165, 1.54) is 19.2 Å². The Hall–Kier alpha value is -1.63. The highest BCUT2D eigenvalue weighted by atomic mass is 32.2. The summed E-state index contributed by atoms with van der Waals surface area (Å²) in [7, 11) is -1.81. The number of esters is 1. The summed E-state index contributed by atoms with van der Waals surface area (Å²) in [6.07, 6.45) is 0.473. The highest BCUT2D eigenvalue weighted by Gasteiger charge is 2.28. The van der Waals surface area contributed by atoms with Crippen molar-refractivity contribution in [2.45, 2.75) is 12.5 Å². The molecule has 1 aliphatic rings. The van der Waals surface area contributed by atoms with Crippen molar-refractivity contribution in [2.75, 3.05) is 23.9 Å². The van der Waals surface area contributed by atoms with Gasteiger partial charge in [0.1, 0.15) is 5.82 Å². The number of hydrogen-bond acceptors (Lipinski definition) is 5. The van der Waals surface area contributed by atoms with Gasteiger partial charge in [-0.2, -0.15) is 0 Å². The lowest BCUT2D eigenvalue weighted by Gasteiger charge is -2.15. The average Bonchev–Trinajstić information content (AvgIpc) is 2.70. The summed E-state index contributed by atoms with van der Waals surface area (Å²) in [5.74, 6) is -1.07. The minimum Gasteiger partial charge on any atom is -0.465 e. The van der Waals surface area contributed by atoms with Crippen molar-refractivity contribution in [3.63, 3.8) is 0 Å². The molecule has 5 nitrogen and oxygen atoms in total. The van der Waals surface area contributed by atoms with E-state index in [1.807, 2.05) is 0 Å². The molecular formula is C12H14FNO4S. The first kappa shape index (κ1) is 13.8. The highest BCUT2D eigenvalue weighted by molar-refractivity contribution is 7.91. The van der Waals surface area contributed by atoms with Crippen molar-refractivity contribution in [3.8, 4) is 0 Å². The van der Waals surface area contributed by atoms with Crippen LogP contribution in [0.25, 0.3) is 0 Å². The van der Waals surface area contributed by atoms with E-state index < -0.39 is 21.6 Å². The number of methoxy groups -OCH3 is 1. The van der Waals surface area contributed by atoms with E-state index in [2.05, 4.69) is 10.1 Å². The Kier molecular flexibility index (Phi) is 3.75. The van der Waals surface area contributed by atoms with E-state index in [1.54, 1.807) is 0 Å². The largest absolute Gasteiger partial charge is 0.465 e. The smallest absolute Gasteiger partial charge is 0.340 e. The third-order valence-electron chi connectivity index (χ3n) is 2.98. The van der Waals surface area contributed by atoms with Crippen molar-refractivity contribution < 1.29 is 22.3 Å². The number of nitrogens with one attached hydrogen (secondary N) is 1. The molecule has 0 saturated carbocycles. The van der Waals surface area contributed by atoms with E-state index in [0.29, 0.717) is 12.1 Å². The fourth-order valence-electron chi connectivity index (χ4n) is 2.05. The number of ether oxygens (including phenoxy) is 1. The average molecular weight is 287 g/mol. The van der Waals surface area contributed by atoms with Crippen LogP contribution in [0.2, 0.25) is 0 Å². The third-order valence-corrected chi connectivity index (χ3v) is 4.75. The first-order valence-electron chi connectivity index (χ1n) is 5.76. The first-order chi connectivity index (χ1) is 8.91. The van der Waals surface area contributed by atoms with Crippen LogP contribution in [0.5, 0.6) is 0 Å². The lowest BCUT2D eigenvalue weighted by molar-refractivity contribution is 0.0601. The number of halogens is 1. The van der Waals surface area contributed by atoms with Crippen LogP contribution in [0.4, 0.5) is 10.1 Å². The maximum absolute atomic E-state index is 13.1. The second-order valence-corrected chi connectivity index (χ2v) is 6.65. The zero-order chi connectivity index (χ0) is 14.0.